The zero-order valence-electron chi connectivity index (χ0n) is 8.88. The molecule has 0 bridgehead atoms. The summed E-state index contributed by atoms with van der Waals surface area (Å²) < 4.78 is 1.49. The standard InChI is InChI=1S/C11H11Cl2NS2/c1-6-3-4-15-10(6)9(14-2)7-5-8(12)16-11(7)13/h3-5,9,14H,1-2H3. The molecule has 0 amide bonds. The molecule has 0 fully saturated rings. The maximum atomic E-state index is 6.19. The van der Waals surface area contributed by atoms with Crippen molar-refractivity contribution in [2.45, 2.75) is 13.0 Å². The predicted octanol–water partition coefficient (Wildman–Crippen LogP) is 4.73. The van der Waals surface area contributed by atoms with Crippen LogP contribution in [0.15, 0.2) is 17.5 Å². The topological polar surface area (TPSA) is 12.0 Å². The van der Waals surface area contributed by atoms with Gasteiger partial charge in [-0.25, -0.2) is 0 Å². The second-order valence-electron chi connectivity index (χ2n) is 3.47. The molecule has 1 N–H and O–H groups in total. The van der Waals surface area contributed by atoms with Crippen LogP contribution in [0.25, 0.3) is 0 Å². The van der Waals surface area contributed by atoms with Crippen LogP contribution < -0.4 is 5.32 Å². The van der Waals surface area contributed by atoms with Crippen molar-refractivity contribution in [1.29, 1.82) is 0 Å². The maximum Gasteiger partial charge on any atom is 0.0995 e. The van der Waals surface area contributed by atoms with E-state index < -0.39 is 0 Å². The van der Waals surface area contributed by atoms with E-state index >= 15 is 0 Å². The van der Waals surface area contributed by atoms with Crippen molar-refractivity contribution in [1.82, 2.24) is 5.32 Å². The summed E-state index contributed by atoms with van der Waals surface area (Å²) in [6.07, 6.45) is 0. The third kappa shape index (κ3) is 2.29. The van der Waals surface area contributed by atoms with E-state index in [1.54, 1.807) is 11.3 Å². The molecule has 0 radical (unpaired) electrons. The minimum absolute atomic E-state index is 0.135. The molecule has 0 aliphatic heterocycles. The van der Waals surface area contributed by atoms with Crippen LogP contribution in [0.5, 0.6) is 0 Å². The first-order valence-electron chi connectivity index (χ1n) is 4.79. The molecule has 0 aliphatic carbocycles. The number of aryl methyl sites for hydroxylation is 1. The highest BCUT2D eigenvalue weighted by Crippen LogP contribution is 2.39. The molecule has 2 aromatic heterocycles. The molecule has 2 heterocycles. The van der Waals surface area contributed by atoms with E-state index in [1.807, 2.05) is 13.1 Å². The molecule has 5 heteroatoms. The van der Waals surface area contributed by atoms with Crippen molar-refractivity contribution >= 4 is 45.9 Å². The van der Waals surface area contributed by atoms with Crippen molar-refractivity contribution in [3.8, 4) is 0 Å². The fourth-order valence-electron chi connectivity index (χ4n) is 1.66. The van der Waals surface area contributed by atoms with Crippen LogP contribution in [-0.4, -0.2) is 7.05 Å². The van der Waals surface area contributed by atoms with Gasteiger partial charge in [-0.05, 0) is 37.0 Å². The summed E-state index contributed by atoms with van der Waals surface area (Å²) in [5.41, 5.74) is 2.34. The first kappa shape index (κ1) is 12.4. The molecule has 1 unspecified atom stereocenters. The summed E-state index contributed by atoms with van der Waals surface area (Å²) in [6, 6.07) is 4.19. The quantitative estimate of drug-likeness (QED) is 0.862. The number of halogens is 2. The van der Waals surface area contributed by atoms with Crippen LogP contribution in [0.3, 0.4) is 0 Å². The van der Waals surface area contributed by atoms with Gasteiger partial charge < -0.3 is 5.32 Å². The molecule has 86 valence electrons. The third-order valence-electron chi connectivity index (χ3n) is 2.45. The highest BCUT2D eigenvalue weighted by Gasteiger charge is 2.20. The Morgan fingerprint density at radius 3 is 2.56 bits per heavy atom. The first-order valence-corrected chi connectivity index (χ1v) is 7.24. The zero-order chi connectivity index (χ0) is 11.7. The van der Waals surface area contributed by atoms with Crippen LogP contribution in [0.4, 0.5) is 0 Å². The van der Waals surface area contributed by atoms with Gasteiger partial charge in [-0.2, -0.15) is 0 Å². The fourth-order valence-corrected chi connectivity index (χ4v) is 4.24. The zero-order valence-corrected chi connectivity index (χ0v) is 12.0. The molecule has 0 saturated carbocycles. The summed E-state index contributed by atoms with van der Waals surface area (Å²) in [5.74, 6) is 0. The summed E-state index contributed by atoms with van der Waals surface area (Å²) in [7, 11) is 1.94. The summed E-state index contributed by atoms with van der Waals surface area (Å²) in [5, 5.41) is 5.38. The second-order valence-corrected chi connectivity index (χ2v) is 6.70. The summed E-state index contributed by atoms with van der Waals surface area (Å²) in [6.45, 7) is 2.11. The minimum Gasteiger partial charge on any atom is -0.309 e. The maximum absolute atomic E-state index is 6.19. The first-order chi connectivity index (χ1) is 7.63. The van der Waals surface area contributed by atoms with Gasteiger partial charge >= 0.3 is 0 Å². The third-order valence-corrected chi connectivity index (χ3v) is 5.05. The molecular weight excluding hydrogens is 281 g/mol. The monoisotopic (exact) mass is 291 g/mol. The Hall–Kier alpha value is -0.0600. The van der Waals surface area contributed by atoms with Gasteiger partial charge in [-0.15, -0.1) is 22.7 Å². The number of hydrogen-bond donors (Lipinski definition) is 1. The van der Waals surface area contributed by atoms with Crippen molar-refractivity contribution in [2.75, 3.05) is 7.05 Å². The lowest BCUT2D eigenvalue weighted by Gasteiger charge is -2.15. The predicted molar refractivity (Wildman–Crippen MR) is 74.3 cm³/mol. The van der Waals surface area contributed by atoms with Crippen LogP contribution in [-0.2, 0) is 0 Å². The normalized spacial score (nSPS) is 13.0. The van der Waals surface area contributed by atoms with E-state index in [0.29, 0.717) is 0 Å². The van der Waals surface area contributed by atoms with Gasteiger partial charge in [0.25, 0.3) is 0 Å². The van der Waals surface area contributed by atoms with E-state index in [0.717, 1.165) is 14.2 Å². The van der Waals surface area contributed by atoms with E-state index in [2.05, 4.69) is 23.7 Å². The highest BCUT2D eigenvalue weighted by atomic mass is 35.5. The summed E-state index contributed by atoms with van der Waals surface area (Å²) >= 11 is 15.3. The molecule has 0 spiro atoms. The van der Waals surface area contributed by atoms with Gasteiger partial charge in [0.1, 0.15) is 0 Å². The molecule has 1 atom stereocenters. The highest BCUT2D eigenvalue weighted by molar-refractivity contribution is 7.20. The Bertz CT molecular complexity index is 490. The number of hydrogen-bond acceptors (Lipinski definition) is 3. The van der Waals surface area contributed by atoms with Crippen LogP contribution in [0, 0.1) is 6.92 Å². The lowest BCUT2D eigenvalue weighted by atomic mass is 10.1. The Labute approximate surface area is 113 Å². The van der Waals surface area contributed by atoms with Gasteiger partial charge in [0.15, 0.2) is 0 Å². The molecule has 16 heavy (non-hydrogen) atoms. The largest absolute Gasteiger partial charge is 0.309 e. The fraction of sp³-hybridized carbons (Fsp3) is 0.273. The average Bonchev–Trinajstić information content (AvgIpc) is 2.77. The number of rotatable bonds is 3. The Morgan fingerprint density at radius 2 is 2.12 bits per heavy atom. The lowest BCUT2D eigenvalue weighted by Crippen LogP contribution is -2.16. The Kier molecular flexibility index (Phi) is 3.93. The summed E-state index contributed by atoms with van der Waals surface area (Å²) in [4.78, 5) is 1.29. The van der Waals surface area contributed by atoms with E-state index in [1.165, 1.54) is 21.8 Å². The van der Waals surface area contributed by atoms with Gasteiger partial charge in [-0.1, -0.05) is 23.2 Å². The average molecular weight is 292 g/mol. The molecular formula is C11H11Cl2NS2. The number of thiophene rings is 2. The van der Waals surface area contributed by atoms with Crippen molar-refractivity contribution < 1.29 is 0 Å². The molecule has 2 aromatic rings. The Balaban J connectivity index is 2.44. The van der Waals surface area contributed by atoms with Gasteiger partial charge in [0.05, 0.1) is 14.7 Å². The van der Waals surface area contributed by atoms with E-state index in [4.69, 9.17) is 23.2 Å². The molecule has 2 rings (SSSR count). The van der Waals surface area contributed by atoms with Gasteiger partial charge in [0.2, 0.25) is 0 Å². The van der Waals surface area contributed by atoms with Crippen molar-refractivity contribution in [2.24, 2.45) is 0 Å². The van der Waals surface area contributed by atoms with Gasteiger partial charge in [0, 0.05) is 10.4 Å². The molecule has 0 aliphatic rings. The minimum atomic E-state index is 0.135. The SMILES string of the molecule is CNC(c1cc(Cl)sc1Cl)c1sccc1C. The van der Waals surface area contributed by atoms with Crippen LogP contribution >= 0.6 is 45.9 Å². The molecule has 1 nitrogen and oxygen atoms in total. The van der Waals surface area contributed by atoms with E-state index in [9.17, 15) is 0 Å². The smallest absolute Gasteiger partial charge is 0.0995 e. The van der Waals surface area contributed by atoms with Crippen molar-refractivity contribution in [3.05, 3.63) is 42.2 Å². The molecule has 0 aromatic carbocycles. The number of nitrogens with one attached hydrogen (secondary N) is 1. The van der Waals surface area contributed by atoms with Crippen LogP contribution in [0.1, 0.15) is 22.0 Å². The van der Waals surface area contributed by atoms with Gasteiger partial charge in [-0.3, -0.25) is 0 Å². The second kappa shape index (κ2) is 5.07. The van der Waals surface area contributed by atoms with E-state index in [-0.39, 0.29) is 6.04 Å². The van der Waals surface area contributed by atoms with Crippen LogP contribution in [0.2, 0.25) is 8.67 Å². The lowest BCUT2D eigenvalue weighted by molar-refractivity contribution is 0.703. The van der Waals surface area contributed by atoms with Crippen molar-refractivity contribution in [3.63, 3.8) is 0 Å². The molecule has 0 saturated heterocycles. The Morgan fingerprint density at radius 1 is 1.38 bits per heavy atom.